The summed E-state index contributed by atoms with van der Waals surface area (Å²) in [4.78, 5) is 10.4. The highest BCUT2D eigenvalue weighted by Gasteiger charge is 2.23. The van der Waals surface area contributed by atoms with Crippen molar-refractivity contribution in [1.29, 1.82) is 0 Å². The molecule has 6 nitrogen and oxygen atoms in total. The lowest BCUT2D eigenvalue weighted by atomic mass is 10.3. The first kappa shape index (κ1) is 40.2. The second-order valence-electron chi connectivity index (χ2n) is 11.1. The van der Waals surface area contributed by atoms with Gasteiger partial charge < -0.3 is 19.2 Å². The van der Waals surface area contributed by atoms with E-state index in [1.807, 2.05) is 6.08 Å². The van der Waals surface area contributed by atoms with E-state index < -0.39 is 23.3 Å². The van der Waals surface area contributed by atoms with Crippen LogP contribution in [0, 0.1) is 0 Å². The van der Waals surface area contributed by atoms with Crippen molar-refractivity contribution in [3.63, 3.8) is 0 Å². The molecule has 4 rings (SSSR count). The number of carbonyl (C=O) groups is 1. The van der Waals surface area contributed by atoms with Crippen LogP contribution in [0.4, 0.5) is 0 Å². The van der Waals surface area contributed by atoms with Crippen molar-refractivity contribution in [2.24, 2.45) is 0 Å². The molecule has 2 N–H and O–H groups in total. The van der Waals surface area contributed by atoms with E-state index in [4.69, 9.17) is 14.6 Å². The maximum absolute atomic E-state index is 11.4. The van der Waals surface area contributed by atoms with Crippen LogP contribution in [0.3, 0.4) is 0 Å². The lowest BCUT2D eigenvalue weighted by Crippen LogP contribution is -2.30. The van der Waals surface area contributed by atoms with Gasteiger partial charge in [0.15, 0.2) is 14.1 Å². The summed E-state index contributed by atoms with van der Waals surface area (Å²) < 4.78 is 30.9. The van der Waals surface area contributed by atoms with Crippen LogP contribution < -0.4 is 0 Å². The van der Waals surface area contributed by atoms with Gasteiger partial charge in [-0.1, -0.05) is 4.57 Å². The zero-order valence-electron chi connectivity index (χ0n) is 24.3. The normalized spacial score (nSPS) is 23.8. The summed E-state index contributed by atoms with van der Waals surface area (Å²) >= 11 is 6.83. The molecule has 0 aromatic carbocycles. The minimum Gasteiger partial charge on any atom is -0.411 e. The highest BCUT2D eigenvalue weighted by atomic mass is 127. The summed E-state index contributed by atoms with van der Waals surface area (Å²) in [6, 6.07) is 0. The SMILES string of the molecule is CP(C)(=O)C1=CC(O)CC1.C[P+](C)=O.C[Si](C)(C)OC1C=C(I)CC1.O=C1C=C(I)CC1.OC1C=C(I)CC1. The van der Waals surface area contributed by atoms with E-state index in [0.29, 0.717) is 6.10 Å². The van der Waals surface area contributed by atoms with Gasteiger partial charge in [0.2, 0.25) is 0 Å². The summed E-state index contributed by atoms with van der Waals surface area (Å²) in [5, 5.41) is 18.8. The fraction of sp³-hybridized carbons (Fsp3) is 0.667. The predicted molar refractivity (Wildman–Crippen MR) is 195 cm³/mol. The van der Waals surface area contributed by atoms with Crippen molar-refractivity contribution in [2.45, 2.75) is 89.3 Å². The minimum atomic E-state index is -2.05. The molecular weight excluding hydrogens is 891 g/mol. The van der Waals surface area contributed by atoms with Crippen LogP contribution in [-0.4, -0.2) is 69.3 Å². The Bertz CT molecular complexity index is 978. The number of hydrogen-bond acceptors (Lipinski definition) is 6. The Morgan fingerprint density at radius 3 is 1.54 bits per heavy atom. The zero-order chi connectivity index (χ0) is 30.4. The third-order valence-corrected chi connectivity index (χ3v) is 10.7. The third-order valence-electron chi connectivity index (χ3n) is 5.29. The number of hydrogen-bond donors (Lipinski definition) is 2. The van der Waals surface area contributed by atoms with Crippen LogP contribution in [-0.2, 0) is 18.4 Å². The second-order valence-corrected chi connectivity index (χ2v) is 24.6. The quantitative estimate of drug-likeness (QED) is 0.167. The van der Waals surface area contributed by atoms with Crippen molar-refractivity contribution < 1.29 is 28.6 Å². The minimum absolute atomic E-state index is 0.146. The molecule has 12 heteroatoms. The maximum Gasteiger partial charge on any atom is 0.332 e. The summed E-state index contributed by atoms with van der Waals surface area (Å²) in [6.45, 7) is 13.6. The summed E-state index contributed by atoms with van der Waals surface area (Å²) in [5.41, 5.74) is 0. The Kier molecular flexibility index (Phi) is 20.9. The first-order valence-corrected chi connectivity index (χ1v) is 24.4. The van der Waals surface area contributed by atoms with Gasteiger partial charge in [0, 0.05) is 6.42 Å². The molecule has 0 fully saturated rings. The molecule has 0 saturated heterocycles. The van der Waals surface area contributed by atoms with Crippen molar-refractivity contribution in [3.8, 4) is 0 Å². The largest absolute Gasteiger partial charge is 0.411 e. The number of aliphatic hydroxyl groups is 2. The molecule has 0 heterocycles. The lowest BCUT2D eigenvalue weighted by Gasteiger charge is -2.21. The van der Waals surface area contributed by atoms with Gasteiger partial charge in [-0.25, -0.2) is 0 Å². The van der Waals surface area contributed by atoms with E-state index >= 15 is 0 Å². The monoisotopic (exact) mass is 937 g/mol. The third kappa shape index (κ3) is 23.4. The molecule has 3 unspecified atom stereocenters. The Morgan fingerprint density at radius 1 is 0.846 bits per heavy atom. The molecule has 4 aliphatic rings. The number of ketones is 1. The smallest absolute Gasteiger partial charge is 0.332 e. The number of allylic oxidation sites excluding steroid dienone is 5. The topological polar surface area (TPSA) is 101 Å². The molecule has 39 heavy (non-hydrogen) atoms. The standard InChI is InChI=1S/C8H15IOSi.C7H13O2P.C5H7IO.C5H5IO.C2H6OP/c1-11(2,3)10-8-5-4-7(9)6-8;1-10(2,9)7-4-3-6(8)5-7;2*6-4-1-2-5(7)3-4;1-4(2)3/h6,8H,4-5H2,1-3H3;5-6,8H,3-4H2,1-2H3;3,5,7H,1-2H2;3H,1-2H2;1-2H3/q;;;;+1. The van der Waals surface area contributed by atoms with Gasteiger partial charge in [0.1, 0.15) is 20.5 Å². The van der Waals surface area contributed by atoms with Gasteiger partial charge in [-0.05, 0) is 186 Å². The van der Waals surface area contributed by atoms with Gasteiger partial charge in [0.25, 0.3) is 0 Å². The van der Waals surface area contributed by atoms with E-state index in [0.717, 1.165) is 43.8 Å². The molecule has 0 bridgehead atoms. The van der Waals surface area contributed by atoms with E-state index in [-0.39, 0.29) is 18.0 Å². The first-order valence-electron chi connectivity index (χ1n) is 13.0. The predicted octanol–water partition coefficient (Wildman–Crippen LogP) is 9.17. The lowest BCUT2D eigenvalue weighted by molar-refractivity contribution is -0.114. The van der Waals surface area contributed by atoms with Crippen LogP contribution in [0.2, 0.25) is 19.6 Å². The molecule has 3 atom stereocenters. The maximum atomic E-state index is 11.4. The Balaban J connectivity index is 0.000000479. The number of halogens is 3. The average molecular weight is 937 g/mol. The molecule has 0 radical (unpaired) electrons. The fourth-order valence-electron chi connectivity index (χ4n) is 3.55. The zero-order valence-corrected chi connectivity index (χ0v) is 33.5. The van der Waals surface area contributed by atoms with E-state index in [1.165, 1.54) is 23.6 Å². The fourth-order valence-corrected chi connectivity index (χ4v) is 7.90. The van der Waals surface area contributed by atoms with Gasteiger partial charge in [-0.15, -0.1) is 0 Å². The van der Waals surface area contributed by atoms with E-state index in [9.17, 15) is 13.9 Å². The highest BCUT2D eigenvalue weighted by Crippen LogP contribution is 2.50. The number of carbonyl (C=O) groups excluding carboxylic acids is 1. The summed E-state index contributed by atoms with van der Waals surface area (Å²) in [7, 11) is -4.22. The molecule has 0 spiro atoms. The van der Waals surface area contributed by atoms with E-state index in [2.05, 4.69) is 93.5 Å². The van der Waals surface area contributed by atoms with Gasteiger partial charge in [-0.3, -0.25) is 4.79 Å². The Hall–Kier alpha value is 1.25. The van der Waals surface area contributed by atoms with Crippen molar-refractivity contribution >= 4 is 96.8 Å². The van der Waals surface area contributed by atoms with E-state index in [1.54, 1.807) is 38.8 Å². The molecule has 0 aromatic rings. The number of rotatable bonds is 3. The highest BCUT2D eigenvalue weighted by molar-refractivity contribution is 14.1. The van der Waals surface area contributed by atoms with Crippen molar-refractivity contribution in [3.05, 3.63) is 40.4 Å². The summed E-state index contributed by atoms with van der Waals surface area (Å²) in [6.07, 6.45) is 15.2. The van der Waals surface area contributed by atoms with Crippen LogP contribution in [0.25, 0.3) is 0 Å². The van der Waals surface area contributed by atoms with Crippen molar-refractivity contribution in [1.82, 2.24) is 0 Å². The molecule has 0 saturated carbocycles. The van der Waals surface area contributed by atoms with Crippen molar-refractivity contribution in [2.75, 3.05) is 26.7 Å². The Labute approximate surface area is 279 Å². The first-order chi connectivity index (χ1) is 17.8. The Morgan fingerprint density at radius 2 is 1.33 bits per heavy atom. The molecule has 4 aliphatic carbocycles. The molecule has 0 amide bonds. The van der Waals surface area contributed by atoms with Crippen LogP contribution in [0.1, 0.15) is 51.4 Å². The van der Waals surface area contributed by atoms with Crippen LogP contribution >= 0.6 is 82.7 Å². The summed E-state index contributed by atoms with van der Waals surface area (Å²) in [5.74, 6) is 0.282. The average Bonchev–Trinajstić information content (AvgIpc) is 3.53. The molecular formula is C27H46I3O6P2Si+. The van der Waals surface area contributed by atoms with Gasteiger partial charge in [-0.2, -0.15) is 0 Å². The molecule has 0 aliphatic heterocycles. The second kappa shape index (κ2) is 20.2. The number of aliphatic hydroxyl groups excluding tert-OH is 2. The van der Waals surface area contributed by atoms with Crippen LogP contribution in [0.15, 0.2) is 40.4 Å². The molecule has 0 aromatic heterocycles. The van der Waals surface area contributed by atoms with Gasteiger partial charge >= 0.3 is 7.80 Å². The van der Waals surface area contributed by atoms with Gasteiger partial charge in [0.05, 0.1) is 18.3 Å². The van der Waals surface area contributed by atoms with Crippen LogP contribution in [0.5, 0.6) is 0 Å². The molecule has 224 valence electrons.